The summed E-state index contributed by atoms with van der Waals surface area (Å²) < 4.78 is 39.3. The van der Waals surface area contributed by atoms with Crippen LogP contribution in [0.3, 0.4) is 0 Å². The predicted octanol–water partition coefficient (Wildman–Crippen LogP) is 10.2. The first-order valence-corrected chi connectivity index (χ1v) is 21.7. The van der Waals surface area contributed by atoms with Crippen LogP contribution in [-0.4, -0.2) is 110 Å². The number of nitrogens with zero attached hydrogens (tertiary/aromatic N) is 1. The van der Waals surface area contributed by atoms with E-state index in [1.165, 1.54) is 119 Å². The van der Waals surface area contributed by atoms with Crippen LogP contribution in [0, 0.1) is 0 Å². The van der Waals surface area contributed by atoms with Crippen molar-refractivity contribution in [3.8, 4) is 11.1 Å². The molecule has 55 heavy (non-hydrogen) atoms. The lowest BCUT2D eigenvalue weighted by atomic mass is 9.98. The zero-order valence-corrected chi connectivity index (χ0v) is 34.6. The Morgan fingerprint density at radius 1 is 0.473 bits per heavy atom. The minimum Gasteiger partial charge on any atom is -0.448 e. The van der Waals surface area contributed by atoms with Crippen molar-refractivity contribution in [3.05, 3.63) is 59.7 Å². The van der Waals surface area contributed by atoms with Gasteiger partial charge in [0, 0.05) is 26.1 Å². The highest BCUT2D eigenvalue weighted by Gasteiger charge is 2.29. The van der Waals surface area contributed by atoms with Crippen molar-refractivity contribution >= 4 is 6.09 Å². The highest BCUT2D eigenvalue weighted by molar-refractivity contribution is 5.79. The van der Waals surface area contributed by atoms with Gasteiger partial charge < -0.3 is 38.1 Å². The molecule has 0 bridgehead atoms. The Balaban J connectivity index is 0.967. The number of hydrogen-bond donors (Lipinski definition) is 0. The largest absolute Gasteiger partial charge is 0.448 e. The Kier molecular flexibility index (Phi) is 27.7. The fourth-order valence-corrected chi connectivity index (χ4v) is 6.95. The molecule has 2 aromatic carbocycles. The lowest BCUT2D eigenvalue weighted by Crippen LogP contribution is -2.32. The van der Waals surface area contributed by atoms with Crippen LogP contribution in [0.4, 0.5) is 4.79 Å². The van der Waals surface area contributed by atoms with Crippen LogP contribution in [0.25, 0.3) is 11.1 Å². The van der Waals surface area contributed by atoms with Gasteiger partial charge in [0.1, 0.15) is 6.61 Å². The van der Waals surface area contributed by atoms with Crippen molar-refractivity contribution in [1.29, 1.82) is 0 Å². The van der Waals surface area contributed by atoms with Gasteiger partial charge in [-0.15, -0.1) is 0 Å². The normalized spacial score (nSPS) is 12.3. The molecule has 1 aliphatic carbocycles. The fourth-order valence-electron chi connectivity index (χ4n) is 6.95. The van der Waals surface area contributed by atoms with E-state index in [-0.39, 0.29) is 12.0 Å². The summed E-state index contributed by atoms with van der Waals surface area (Å²) in [4.78, 5) is 14.2. The molecule has 0 spiro atoms. The average Bonchev–Trinajstić information content (AvgIpc) is 3.53. The Labute approximate surface area is 334 Å². The summed E-state index contributed by atoms with van der Waals surface area (Å²) in [5.74, 6) is 0.0492. The van der Waals surface area contributed by atoms with Gasteiger partial charge in [0.25, 0.3) is 0 Å². The second kappa shape index (κ2) is 32.5. The molecule has 0 N–H and O–H groups in total. The Bertz CT molecular complexity index is 1170. The second-order valence-electron chi connectivity index (χ2n) is 14.7. The molecule has 9 nitrogen and oxygen atoms in total. The third-order valence-corrected chi connectivity index (χ3v) is 10.2. The van der Waals surface area contributed by atoms with Crippen LogP contribution in [0.15, 0.2) is 48.5 Å². The van der Waals surface area contributed by atoms with Gasteiger partial charge in [-0.3, -0.25) is 0 Å². The zero-order valence-electron chi connectivity index (χ0n) is 34.6. The summed E-state index contributed by atoms with van der Waals surface area (Å²) in [5.41, 5.74) is 4.84. The lowest BCUT2D eigenvalue weighted by molar-refractivity contribution is -0.0174. The first-order valence-electron chi connectivity index (χ1n) is 21.7. The van der Waals surface area contributed by atoms with Gasteiger partial charge in [-0.1, -0.05) is 152 Å². The number of amides is 1. The molecule has 0 radical (unpaired) electrons. The number of fused-ring (bicyclic) bond motifs is 3. The van der Waals surface area contributed by atoms with Gasteiger partial charge in [0.05, 0.1) is 72.7 Å². The first kappa shape index (κ1) is 46.8. The number of benzene rings is 2. The number of rotatable bonds is 37. The monoisotopic (exact) mass is 770 g/mol. The van der Waals surface area contributed by atoms with Crippen LogP contribution in [-0.2, 0) is 33.2 Å². The van der Waals surface area contributed by atoms with Crippen molar-refractivity contribution in [2.24, 2.45) is 0 Å². The topological polar surface area (TPSA) is 84.9 Å². The van der Waals surface area contributed by atoms with Gasteiger partial charge >= 0.3 is 6.09 Å². The summed E-state index contributed by atoms with van der Waals surface area (Å²) in [7, 11) is 1.73. The molecule has 1 amide bonds. The zero-order chi connectivity index (χ0) is 38.9. The summed E-state index contributed by atoms with van der Waals surface area (Å²) in [6.07, 6.45) is 21.8. The molecule has 0 aliphatic heterocycles. The Morgan fingerprint density at radius 3 is 1.24 bits per heavy atom. The molecule has 312 valence electrons. The molecule has 0 atom stereocenters. The van der Waals surface area contributed by atoms with Crippen molar-refractivity contribution < 1.29 is 38.0 Å². The number of hydrogen-bond acceptors (Lipinski definition) is 8. The molecule has 1 aliphatic rings. The van der Waals surface area contributed by atoms with E-state index in [2.05, 4.69) is 31.2 Å². The minimum absolute atomic E-state index is 0.0492. The predicted molar refractivity (Wildman–Crippen MR) is 222 cm³/mol. The molecular weight excluding hydrogens is 695 g/mol. The van der Waals surface area contributed by atoms with E-state index in [0.717, 1.165) is 13.0 Å². The van der Waals surface area contributed by atoms with E-state index in [9.17, 15) is 4.79 Å². The summed E-state index contributed by atoms with van der Waals surface area (Å²) in [5, 5.41) is 0. The second-order valence-corrected chi connectivity index (χ2v) is 14.7. The van der Waals surface area contributed by atoms with E-state index in [1.54, 1.807) is 11.9 Å². The maximum Gasteiger partial charge on any atom is 0.409 e. The SMILES string of the molecule is CCCCCCCCCCCCCCCCCCOCCOCCOCCOCCOCCOCCN(C)C(=O)OCC1c2ccccc2-c2ccccc21. The maximum atomic E-state index is 12.6. The maximum absolute atomic E-state index is 12.6. The van der Waals surface area contributed by atoms with Crippen LogP contribution in [0.5, 0.6) is 0 Å². The summed E-state index contributed by atoms with van der Waals surface area (Å²) in [6.45, 7) is 9.60. The highest BCUT2D eigenvalue weighted by Crippen LogP contribution is 2.44. The van der Waals surface area contributed by atoms with E-state index in [0.29, 0.717) is 85.8 Å². The van der Waals surface area contributed by atoms with Gasteiger partial charge in [-0.05, 0) is 28.7 Å². The quantitative estimate of drug-likeness (QED) is 0.0628. The molecule has 9 heteroatoms. The van der Waals surface area contributed by atoms with Crippen LogP contribution < -0.4 is 0 Å². The number of unbranched alkanes of at least 4 members (excludes halogenated alkanes) is 15. The van der Waals surface area contributed by atoms with Crippen LogP contribution >= 0.6 is 0 Å². The van der Waals surface area contributed by atoms with Crippen molar-refractivity contribution in [2.45, 2.75) is 116 Å². The number of likely N-dealkylation sites (N-methyl/N-ethyl adjacent to an activating group) is 1. The van der Waals surface area contributed by atoms with Crippen LogP contribution in [0.2, 0.25) is 0 Å². The van der Waals surface area contributed by atoms with E-state index in [1.807, 2.05) is 24.3 Å². The molecule has 0 aromatic heterocycles. The number of carbonyl (C=O) groups excluding carboxylic acids is 1. The molecular formula is C46H75NO8. The van der Waals surface area contributed by atoms with Gasteiger partial charge in [0.15, 0.2) is 0 Å². The molecule has 0 saturated heterocycles. The van der Waals surface area contributed by atoms with Gasteiger partial charge in [-0.2, -0.15) is 0 Å². The molecule has 0 unspecified atom stereocenters. The molecule has 0 heterocycles. The number of ether oxygens (including phenoxy) is 7. The average molecular weight is 770 g/mol. The van der Waals surface area contributed by atoms with Gasteiger partial charge in [-0.25, -0.2) is 4.79 Å². The van der Waals surface area contributed by atoms with Crippen molar-refractivity contribution in [3.63, 3.8) is 0 Å². The van der Waals surface area contributed by atoms with E-state index < -0.39 is 0 Å². The third-order valence-electron chi connectivity index (χ3n) is 10.2. The minimum atomic E-state index is -0.351. The molecule has 0 fully saturated rings. The number of carbonyl (C=O) groups is 1. The molecule has 2 aromatic rings. The van der Waals surface area contributed by atoms with Gasteiger partial charge in [0.2, 0.25) is 0 Å². The lowest BCUT2D eigenvalue weighted by Gasteiger charge is -2.19. The van der Waals surface area contributed by atoms with Crippen LogP contribution in [0.1, 0.15) is 127 Å². The molecule has 3 rings (SSSR count). The first-order chi connectivity index (χ1) is 27.2. The van der Waals surface area contributed by atoms with E-state index in [4.69, 9.17) is 33.2 Å². The summed E-state index contributed by atoms with van der Waals surface area (Å²) in [6, 6.07) is 16.7. The fraction of sp³-hybridized carbons (Fsp3) is 0.717. The smallest absolute Gasteiger partial charge is 0.409 e. The summed E-state index contributed by atoms with van der Waals surface area (Å²) >= 11 is 0. The Hall–Kier alpha value is -2.53. The highest BCUT2D eigenvalue weighted by atomic mass is 16.6. The Morgan fingerprint density at radius 2 is 0.818 bits per heavy atom. The third kappa shape index (κ3) is 21.5. The van der Waals surface area contributed by atoms with Crippen molar-refractivity contribution in [2.75, 3.05) is 99.5 Å². The van der Waals surface area contributed by atoms with Crippen molar-refractivity contribution in [1.82, 2.24) is 4.90 Å². The van der Waals surface area contributed by atoms with E-state index >= 15 is 0 Å². The molecule has 0 saturated carbocycles. The standard InChI is InChI=1S/C46H75NO8/c1-3-4-5-6-7-8-9-10-11-12-13-14-15-16-17-22-28-49-30-32-51-34-36-53-38-39-54-37-35-52-33-31-50-29-27-47(2)46(48)55-40-45-43-25-20-18-23-41(43)42-24-19-21-26-44(42)45/h18-21,23-26,45H,3-17,22,27-40H2,1-2H3.